The number of ether oxygens (including phenoxy) is 1. The van der Waals surface area contributed by atoms with Gasteiger partial charge in [-0.3, -0.25) is 4.79 Å². The third kappa shape index (κ3) is 4.49. The van der Waals surface area contributed by atoms with Crippen LogP contribution >= 0.6 is 22.9 Å². The first-order valence-electron chi connectivity index (χ1n) is 9.67. The molecule has 9 heteroatoms. The van der Waals surface area contributed by atoms with Crippen molar-refractivity contribution < 1.29 is 14.3 Å². The minimum Gasteiger partial charge on any atom is -0.450 e. The fourth-order valence-corrected chi connectivity index (χ4v) is 4.62. The highest BCUT2D eigenvalue weighted by Gasteiger charge is 2.27. The summed E-state index contributed by atoms with van der Waals surface area (Å²) in [7, 11) is 0. The second-order valence-electron chi connectivity index (χ2n) is 6.92. The van der Waals surface area contributed by atoms with Crippen LogP contribution in [0.1, 0.15) is 23.0 Å². The van der Waals surface area contributed by atoms with E-state index in [0.29, 0.717) is 41.1 Å². The van der Waals surface area contributed by atoms with Crippen LogP contribution in [0.5, 0.6) is 0 Å². The zero-order valence-electron chi connectivity index (χ0n) is 16.4. The molecule has 0 aliphatic carbocycles. The number of anilines is 2. The van der Waals surface area contributed by atoms with E-state index in [1.807, 2.05) is 24.3 Å². The van der Waals surface area contributed by atoms with Gasteiger partial charge in [-0.05, 0) is 43.7 Å². The van der Waals surface area contributed by atoms with Gasteiger partial charge in [0, 0.05) is 34.2 Å². The summed E-state index contributed by atoms with van der Waals surface area (Å²) in [4.78, 5) is 31.0. The Labute approximate surface area is 183 Å². The molecule has 0 radical (unpaired) electrons. The molecule has 0 bridgehead atoms. The number of nitrogens with zero attached hydrogens (tertiary/aromatic N) is 2. The lowest BCUT2D eigenvalue weighted by atomic mass is 10.2. The van der Waals surface area contributed by atoms with Gasteiger partial charge in [-0.1, -0.05) is 17.7 Å². The Balaban J connectivity index is 1.35. The number of thiophene rings is 1. The van der Waals surface area contributed by atoms with Crippen molar-refractivity contribution in [1.82, 2.24) is 9.88 Å². The molecule has 2 amide bonds. The van der Waals surface area contributed by atoms with Gasteiger partial charge in [-0.25, -0.2) is 9.78 Å². The molecule has 156 valence electrons. The Morgan fingerprint density at radius 3 is 2.93 bits per heavy atom. The van der Waals surface area contributed by atoms with Gasteiger partial charge >= 0.3 is 6.09 Å². The van der Waals surface area contributed by atoms with Crippen molar-refractivity contribution in [2.75, 3.05) is 30.3 Å². The monoisotopic (exact) mass is 444 g/mol. The molecule has 1 aliphatic rings. The van der Waals surface area contributed by atoms with Crippen LogP contribution in [0.25, 0.3) is 10.1 Å². The van der Waals surface area contributed by atoms with Gasteiger partial charge in [0.15, 0.2) is 0 Å². The van der Waals surface area contributed by atoms with Crippen LogP contribution in [0.15, 0.2) is 42.6 Å². The molecular weight excluding hydrogens is 424 g/mol. The summed E-state index contributed by atoms with van der Waals surface area (Å²) in [5.74, 6) is 0.494. The van der Waals surface area contributed by atoms with Crippen molar-refractivity contribution in [1.29, 1.82) is 0 Å². The molecule has 4 rings (SSSR count). The van der Waals surface area contributed by atoms with Gasteiger partial charge in [0.1, 0.15) is 5.82 Å². The highest BCUT2D eigenvalue weighted by atomic mass is 35.5. The van der Waals surface area contributed by atoms with Crippen molar-refractivity contribution in [3.8, 4) is 0 Å². The number of carbonyl (C=O) groups excluding carboxylic acids is 2. The van der Waals surface area contributed by atoms with E-state index >= 15 is 0 Å². The Morgan fingerprint density at radius 2 is 2.20 bits per heavy atom. The third-order valence-electron chi connectivity index (χ3n) is 4.82. The second kappa shape index (κ2) is 8.89. The molecule has 30 heavy (non-hydrogen) atoms. The van der Waals surface area contributed by atoms with Gasteiger partial charge in [0.05, 0.1) is 23.4 Å². The Kier molecular flexibility index (Phi) is 6.06. The lowest BCUT2D eigenvalue weighted by molar-refractivity contribution is 0.103. The number of amides is 2. The van der Waals surface area contributed by atoms with E-state index in [-0.39, 0.29) is 18.0 Å². The molecule has 0 spiro atoms. The van der Waals surface area contributed by atoms with E-state index in [2.05, 4.69) is 15.6 Å². The fraction of sp³-hybridized carbons (Fsp3) is 0.286. The molecule has 0 saturated carbocycles. The zero-order chi connectivity index (χ0) is 21.1. The summed E-state index contributed by atoms with van der Waals surface area (Å²) < 4.78 is 6.01. The van der Waals surface area contributed by atoms with Crippen molar-refractivity contribution in [3.05, 3.63) is 52.5 Å². The average molecular weight is 445 g/mol. The number of likely N-dealkylation sites (tertiary alicyclic amines) is 1. The summed E-state index contributed by atoms with van der Waals surface area (Å²) in [6, 6.07) is 11.1. The number of benzene rings is 1. The summed E-state index contributed by atoms with van der Waals surface area (Å²) in [5.41, 5.74) is 0.605. The van der Waals surface area contributed by atoms with Crippen LogP contribution in [0.2, 0.25) is 5.02 Å². The van der Waals surface area contributed by atoms with Crippen LogP contribution in [0, 0.1) is 0 Å². The molecule has 2 N–H and O–H groups in total. The van der Waals surface area contributed by atoms with E-state index in [4.69, 9.17) is 16.3 Å². The molecule has 2 aromatic heterocycles. The number of hydrogen-bond acceptors (Lipinski definition) is 6. The maximum absolute atomic E-state index is 12.6. The van der Waals surface area contributed by atoms with E-state index in [0.717, 1.165) is 16.5 Å². The number of fused-ring (bicyclic) bond motifs is 1. The predicted molar refractivity (Wildman–Crippen MR) is 120 cm³/mol. The van der Waals surface area contributed by atoms with Gasteiger partial charge < -0.3 is 20.3 Å². The number of rotatable bonds is 5. The molecular formula is C21H21ClN4O3S. The average Bonchev–Trinajstić information content (AvgIpc) is 3.38. The van der Waals surface area contributed by atoms with Crippen molar-refractivity contribution in [2.45, 2.75) is 19.4 Å². The first kappa shape index (κ1) is 20.4. The zero-order valence-corrected chi connectivity index (χ0v) is 17.9. The van der Waals surface area contributed by atoms with Crippen LogP contribution in [0.3, 0.4) is 0 Å². The summed E-state index contributed by atoms with van der Waals surface area (Å²) in [5, 5.41) is 7.69. The standard InChI is InChI=1S/C21H21ClN4O3S/c1-2-29-21(28)26-9-8-14(12-26)24-19-7-6-13(11-23-19)25-20(27)18-10-15-16(22)4-3-5-17(15)30-18/h3-7,10-11,14H,2,8-9,12H2,1H3,(H,23,24)(H,25,27)/t14-/m0/s1. The van der Waals surface area contributed by atoms with Gasteiger partial charge in [0.25, 0.3) is 5.91 Å². The highest BCUT2D eigenvalue weighted by molar-refractivity contribution is 7.21. The number of carbonyl (C=O) groups is 2. The maximum Gasteiger partial charge on any atom is 0.409 e. The normalized spacial score (nSPS) is 15.9. The molecule has 1 atom stereocenters. The van der Waals surface area contributed by atoms with Crippen LogP contribution in [0.4, 0.5) is 16.3 Å². The van der Waals surface area contributed by atoms with Gasteiger partial charge in [0.2, 0.25) is 0 Å². The molecule has 1 aromatic carbocycles. The van der Waals surface area contributed by atoms with Gasteiger partial charge in [-0.15, -0.1) is 11.3 Å². The molecule has 1 saturated heterocycles. The highest BCUT2D eigenvalue weighted by Crippen LogP contribution is 2.31. The summed E-state index contributed by atoms with van der Waals surface area (Å²) in [6.45, 7) is 3.40. The van der Waals surface area contributed by atoms with Crippen molar-refractivity contribution in [2.24, 2.45) is 0 Å². The van der Waals surface area contributed by atoms with Crippen molar-refractivity contribution >= 4 is 56.5 Å². The molecule has 0 unspecified atom stereocenters. The number of nitrogens with one attached hydrogen (secondary N) is 2. The van der Waals surface area contributed by atoms with E-state index < -0.39 is 0 Å². The van der Waals surface area contributed by atoms with E-state index in [1.54, 1.807) is 30.2 Å². The Bertz CT molecular complexity index is 1070. The van der Waals surface area contributed by atoms with Crippen LogP contribution in [-0.4, -0.2) is 47.6 Å². The number of pyridine rings is 1. The van der Waals surface area contributed by atoms with E-state index in [9.17, 15) is 9.59 Å². The van der Waals surface area contributed by atoms with E-state index in [1.165, 1.54) is 11.3 Å². The predicted octanol–water partition coefficient (Wildman–Crippen LogP) is 4.84. The first-order chi connectivity index (χ1) is 14.5. The van der Waals surface area contributed by atoms with Gasteiger partial charge in [-0.2, -0.15) is 0 Å². The Morgan fingerprint density at radius 1 is 1.33 bits per heavy atom. The minimum absolute atomic E-state index is 0.116. The largest absolute Gasteiger partial charge is 0.450 e. The number of aromatic nitrogens is 1. The maximum atomic E-state index is 12.6. The lowest BCUT2D eigenvalue weighted by Crippen LogP contribution is -2.32. The van der Waals surface area contributed by atoms with Crippen LogP contribution < -0.4 is 10.6 Å². The SMILES string of the molecule is CCOC(=O)N1CC[C@H](Nc2ccc(NC(=O)c3cc4c(Cl)cccc4s3)cn2)C1. The fourth-order valence-electron chi connectivity index (χ4n) is 3.35. The molecule has 7 nitrogen and oxygen atoms in total. The molecule has 1 fully saturated rings. The number of hydrogen-bond donors (Lipinski definition) is 2. The minimum atomic E-state index is -0.282. The summed E-state index contributed by atoms with van der Waals surface area (Å²) in [6.07, 6.45) is 2.15. The number of halogens is 1. The molecule has 3 heterocycles. The second-order valence-corrected chi connectivity index (χ2v) is 8.41. The summed E-state index contributed by atoms with van der Waals surface area (Å²) >= 11 is 7.59. The topological polar surface area (TPSA) is 83.6 Å². The van der Waals surface area contributed by atoms with Crippen molar-refractivity contribution in [3.63, 3.8) is 0 Å². The first-order valence-corrected chi connectivity index (χ1v) is 10.9. The smallest absolute Gasteiger partial charge is 0.409 e. The van der Waals surface area contributed by atoms with Crippen LogP contribution in [-0.2, 0) is 4.74 Å². The molecule has 3 aromatic rings. The molecule has 1 aliphatic heterocycles. The quantitative estimate of drug-likeness (QED) is 0.588. The third-order valence-corrected chi connectivity index (χ3v) is 6.25. The lowest BCUT2D eigenvalue weighted by Gasteiger charge is -2.16. The Hall–Kier alpha value is -2.84.